The first-order valence-corrected chi connectivity index (χ1v) is 11.5. The molecule has 0 N–H and O–H groups in total. The van der Waals surface area contributed by atoms with Crippen LogP contribution in [0.15, 0.2) is 29.2 Å². The van der Waals surface area contributed by atoms with E-state index in [9.17, 15) is 13.2 Å². The molecule has 0 aliphatic rings. The van der Waals surface area contributed by atoms with E-state index in [4.69, 9.17) is 8.92 Å². The van der Waals surface area contributed by atoms with Crippen molar-refractivity contribution in [2.75, 3.05) is 6.61 Å². The van der Waals surface area contributed by atoms with Crippen LogP contribution in [0.2, 0.25) is 0 Å². The average molecular weight is 413 g/mol. The number of benzene rings is 1. The maximum absolute atomic E-state index is 12.5. The van der Waals surface area contributed by atoms with Crippen molar-refractivity contribution in [3.05, 3.63) is 29.8 Å². The number of carbonyl (C=O) groups is 1. The third-order valence-corrected chi connectivity index (χ3v) is 5.73. The highest BCUT2D eigenvalue weighted by Crippen LogP contribution is 2.24. The Kier molecular flexibility index (Phi) is 9.64. The molecule has 2 atom stereocenters. The molecule has 0 spiro atoms. The molecular formula is C22H36O5S. The van der Waals surface area contributed by atoms with Crippen LogP contribution >= 0.6 is 0 Å². The summed E-state index contributed by atoms with van der Waals surface area (Å²) in [7, 11) is -3.85. The molecule has 0 fully saturated rings. The number of ether oxygens (including phenoxy) is 1. The van der Waals surface area contributed by atoms with Crippen molar-refractivity contribution in [3.8, 4) is 0 Å². The number of rotatable bonds is 11. The zero-order valence-electron chi connectivity index (χ0n) is 18.2. The number of carbonyl (C=O) groups excluding carboxylic acids is 1. The van der Waals surface area contributed by atoms with Gasteiger partial charge in [-0.15, -0.1) is 0 Å². The van der Waals surface area contributed by atoms with Crippen molar-refractivity contribution < 1.29 is 22.1 Å². The summed E-state index contributed by atoms with van der Waals surface area (Å²) in [5.41, 5.74) is 0.413. The van der Waals surface area contributed by atoms with Crippen LogP contribution in [0.4, 0.5) is 0 Å². The van der Waals surface area contributed by atoms with E-state index < -0.39 is 15.7 Å². The predicted octanol–water partition coefficient (Wildman–Crippen LogP) is 5.26. The lowest BCUT2D eigenvalue weighted by Crippen LogP contribution is -2.27. The number of hydrogen-bond acceptors (Lipinski definition) is 5. The molecule has 1 rings (SSSR count). The van der Waals surface area contributed by atoms with Gasteiger partial charge in [-0.25, -0.2) is 0 Å². The molecule has 0 bridgehead atoms. The standard InChI is InChI=1S/C22H36O5S/c1-7-8-9-18(3)14-19(15-21(23)27-22(4,5)6)16-26-28(24,25)20-12-10-17(2)11-13-20/h10-13,18-19H,7-9,14-16H2,1-6H3/t18-,19-/m0/s1. The summed E-state index contributed by atoms with van der Waals surface area (Å²) in [6.45, 7) is 11.6. The quantitative estimate of drug-likeness (QED) is 0.366. The second-order valence-electron chi connectivity index (χ2n) is 8.69. The van der Waals surface area contributed by atoms with Crippen molar-refractivity contribution >= 4 is 16.1 Å². The van der Waals surface area contributed by atoms with Crippen molar-refractivity contribution in [2.24, 2.45) is 11.8 Å². The normalized spacial score (nSPS) is 14.5. The zero-order valence-corrected chi connectivity index (χ0v) is 19.0. The van der Waals surface area contributed by atoms with Gasteiger partial charge in [0.05, 0.1) is 17.9 Å². The minimum absolute atomic E-state index is 0.0219. The molecule has 0 saturated heterocycles. The molecule has 0 amide bonds. The van der Waals surface area contributed by atoms with Crippen LogP contribution in [0.25, 0.3) is 0 Å². The fourth-order valence-electron chi connectivity index (χ4n) is 3.03. The van der Waals surface area contributed by atoms with E-state index in [1.807, 2.05) is 27.7 Å². The summed E-state index contributed by atoms with van der Waals surface area (Å²) in [6, 6.07) is 6.55. The van der Waals surface area contributed by atoms with Crippen LogP contribution in [0.5, 0.6) is 0 Å². The fraction of sp³-hybridized carbons (Fsp3) is 0.682. The van der Waals surface area contributed by atoms with E-state index in [0.29, 0.717) is 5.92 Å². The summed E-state index contributed by atoms with van der Waals surface area (Å²) < 4.78 is 35.7. The van der Waals surface area contributed by atoms with E-state index >= 15 is 0 Å². The predicted molar refractivity (Wildman–Crippen MR) is 112 cm³/mol. The van der Waals surface area contributed by atoms with Gasteiger partial charge in [0.25, 0.3) is 10.1 Å². The van der Waals surface area contributed by atoms with Gasteiger partial charge < -0.3 is 4.74 Å². The second kappa shape index (κ2) is 11.0. The lowest BCUT2D eigenvalue weighted by atomic mass is 9.90. The molecule has 1 aromatic carbocycles. The minimum Gasteiger partial charge on any atom is -0.460 e. The van der Waals surface area contributed by atoms with Gasteiger partial charge in [-0.05, 0) is 58.1 Å². The average Bonchev–Trinajstić information content (AvgIpc) is 2.56. The Morgan fingerprint density at radius 2 is 1.75 bits per heavy atom. The molecule has 6 heteroatoms. The van der Waals surface area contributed by atoms with Crippen LogP contribution in [0.1, 0.15) is 72.3 Å². The summed E-state index contributed by atoms with van der Waals surface area (Å²) in [5, 5.41) is 0. The van der Waals surface area contributed by atoms with Crippen molar-refractivity contribution in [3.63, 3.8) is 0 Å². The highest BCUT2D eigenvalue weighted by Gasteiger charge is 2.25. The van der Waals surface area contributed by atoms with Gasteiger partial charge in [-0.3, -0.25) is 8.98 Å². The Morgan fingerprint density at radius 1 is 1.14 bits per heavy atom. The van der Waals surface area contributed by atoms with Gasteiger partial charge in [0, 0.05) is 0 Å². The first-order chi connectivity index (χ1) is 12.9. The van der Waals surface area contributed by atoms with Crippen LogP contribution in [0.3, 0.4) is 0 Å². The molecule has 0 saturated carbocycles. The summed E-state index contributed by atoms with van der Waals surface area (Å²) in [4.78, 5) is 12.4. The van der Waals surface area contributed by atoms with Crippen molar-refractivity contribution in [1.82, 2.24) is 0 Å². The molecule has 0 aromatic heterocycles. The Labute approximate surface area is 170 Å². The highest BCUT2D eigenvalue weighted by atomic mass is 32.2. The molecule has 28 heavy (non-hydrogen) atoms. The van der Waals surface area contributed by atoms with Gasteiger partial charge in [-0.2, -0.15) is 8.42 Å². The largest absolute Gasteiger partial charge is 0.460 e. The van der Waals surface area contributed by atoms with E-state index in [1.165, 1.54) is 12.1 Å². The molecule has 0 radical (unpaired) electrons. The maximum atomic E-state index is 12.5. The number of aryl methyl sites for hydroxylation is 1. The van der Waals surface area contributed by atoms with Gasteiger partial charge in [-0.1, -0.05) is 50.8 Å². The van der Waals surface area contributed by atoms with E-state index in [0.717, 1.165) is 31.2 Å². The van der Waals surface area contributed by atoms with Crippen molar-refractivity contribution in [1.29, 1.82) is 0 Å². The Balaban J connectivity index is 2.79. The topological polar surface area (TPSA) is 69.7 Å². The second-order valence-corrected chi connectivity index (χ2v) is 10.3. The summed E-state index contributed by atoms with van der Waals surface area (Å²) in [6.07, 6.45) is 4.15. The molecule has 0 aliphatic carbocycles. The van der Waals surface area contributed by atoms with Gasteiger partial charge in [0.1, 0.15) is 5.60 Å². The third-order valence-electron chi connectivity index (χ3n) is 4.43. The summed E-state index contributed by atoms with van der Waals surface area (Å²) in [5.74, 6) is -0.142. The molecule has 0 aliphatic heterocycles. The Morgan fingerprint density at radius 3 is 2.29 bits per heavy atom. The van der Waals surface area contributed by atoms with E-state index in [2.05, 4.69) is 13.8 Å². The van der Waals surface area contributed by atoms with Crippen LogP contribution in [-0.2, 0) is 23.8 Å². The molecule has 0 unspecified atom stereocenters. The Bertz CT molecular complexity index is 701. The minimum atomic E-state index is -3.85. The van der Waals surface area contributed by atoms with Crippen molar-refractivity contribution in [2.45, 2.75) is 84.1 Å². The number of esters is 1. The number of unbranched alkanes of at least 4 members (excludes halogenated alkanes) is 1. The highest BCUT2D eigenvalue weighted by molar-refractivity contribution is 7.86. The van der Waals surface area contributed by atoms with Gasteiger partial charge in [0.15, 0.2) is 0 Å². The molecule has 0 heterocycles. The van der Waals surface area contributed by atoms with E-state index in [-0.39, 0.29) is 29.8 Å². The third kappa shape index (κ3) is 9.69. The SMILES string of the molecule is CCCC[C@H](C)C[C@H](COS(=O)(=O)c1ccc(C)cc1)CC(=O)OC(C)(C)C. The summed E-state index contributed by atoms with van der Waals surface area (Å²) >= 11 is 0. The fourth-order valence-corrected chi connectivity index (χ4v) is 4.00. The lowest BCUT2D eigenvalue weighted by Gasteiger charge is -2.24. The monoisotopic (exact) mass is 412 g/mol. The van der Waals surface area contributed by atoms with Crippen LogP contribution < -0.4 is 0 Å². The molecule has 1 aromatic rings. The Hall–Kier alpha value is -1.40. The zero-order chi connectivity index (χ0) is 21.4. The molecule has 160 valence electrons. The van der Waals surface area contributed by atoms with E-state index in [1.54, 1.807) is 12.1 Å². The first kappa shape index (κ1) is 24.6. The molecular weight excluding hydrogens is 376 g/mol. The smallest absolute Gasteiger partial charge is 0.306 e. The molecule has 5 nitrogen and oxygen atoms in total. The van der Waals surface area contributed by atoms with Crippen LogP contribution in [-0.4, -0.2) is 26.6 Å². The number of hydrogen-bond donors (Lipinski definition) is 0. The first-order valence-electron chi connectivity index (χ1n) is 10.1. The maximum Gasteiger partial charge on any atom is 0.306 e. The van der Waals surface area contributed by atoms with Crippen LogP contribution in [0, 0.1) is 18.8 Å². The lowest BCUT2D eigenvalue weighted by molar-refractivity contribution is -0.156. The van der Waals surface area contributed by atoms with Gasteiger partial charge in [0.2, 0.25) is 0 Å². The van der Waals surface area contributed by atoms with Gasteiger partial charge >= 0.3 is 5.97 Å².